The number of rotatable bonds is 4. The second-order valence-electron chi connectivity index (χ2n) is 4.27. The lowest BCUT2D eigenvalue weighted by atomic mass is 9.99. The second-order valence-corrected chi connectivity index (χ2v) is 5.05. The van der Waals surface area contributed by atoms with Gasteiger partial charge in [0, 0.05) is 6.04 Å². The highest BCUT2D eigenvalue weighted by Crippen LogP contribution is 2.21. The van der Waals surface area contributed by atoms with Gasteiger partial charge in [-0.3, -0.25) is 0 Å². The monoisotopic (exact) mass is 242 g/mol. The van der Waals surface area contributed by atoms with Crippen molar-refractivity contribution in [3.63, 3.8) is 0 Å². The molecule has 5 heteroatoms. The first kappa shape index (κ1) is 13.0. The van der Waals surface area contributed by atoms with Gasteiger partial charge in [0.05, 0.1) is 6.54 Å². The van der Waals surface area contributed by atoms with Crippen LogP contribution in [0.2, 0.25) is 0 Å². The van der Waals surface area contributed by atoms with Crippen LogP contribution >= 0.6 is 11.3 Å². The number of nitrogens with one attached hydrogen (secondary N) is 2. The summed E-state index contributed by atoms with van der Waals surface area (Å²) in [5.74, 6) is 0. The van der Waals surface area contributed by atoms with E-state index in [1.54, 1.807) is 6.92 Å². The van der Waals surface area contributed by atoms with Crippen molar-refractivity contribution in [2.24, 2.45) is 0 Å². The Hall–Kier alpha value is -1.07. The van der Waals surface area contributed by atoms with Crippen molar-refractivity contribution in [1.29, 1.82) is 0 Å². The molecule has 1 unspecified atom stereocenters. The number of urea groups is 1. The molecule has 90 valence electrons. The molecule has 0 radical (unpaired) electrons. The maximum absolute atomic E-state index is 11.3. The summed E-state index contributed by atoms with van der Waals surface area (Å²) in [6.07, 6.45) is 0. The van der Waals surface area contributed by atoms with E-state index in [0.29, 0.717) is 0 Å². The molecular formula is C11H18N2O2S. The highest BCUT2D eigenvalue weighted by molar-refractivity contribution is 7.08. The molecule has 1 heterocycles. The summed E-state index contributed by atoms with van der Waals surface area (Å²) in [5.41, 5.74) is -0.198. The SMILES string of the molecule is CC(C)NC(=O)NCC(C)(O)c1ccsc1. The topological polar surface area (TPSA) is 61.4 Å². The molecule has 16 heavy (non-hydrogen) atoms. The Morgan fingerprint density at radius 2 is 2.31 bits per heavy atom. The van der Waals surface area contributed by atoms with Crippen molar-refractivity contribution in [2.75, 3.05) is 6.54 Å². The van der Waals surface area contributed by atoms with Gasteiger partial charge < -0.3 is 15.7 Å². The summed E-state index contributed by atoms with van der Waals surface area (Å²) in [7, 11) is 0. The summed E-state index contributed by atoms with van der Waals surface area (Å²) in [6, 6.07) is 1.68. The predicted octanol–water partition coefficient (Wildman–Crippen LogP) is 1.66. The number of carbonyl (C=O) groups excluding carboxylic acids is 1. The molecule has 1 atom stereocenters. The van der Waals surface area contributed by atoms with Crippen LogP contribution in [0.1, 0.15) is 26.3 Å². The van der Waals surface area contributed by atoms with Crippen LogP contribution in [0, 0.1) is 0 Å². The third kappa shape index (κ3) is 3.83. The van der Waals surface area contributed by atoms with E-state index in [9.17, 15) is 9.90 Å². The number of aliphatic hydroxyl groups is 1. The van der Waals surface area contributed by atoms with Crippen LogP contribution in [0.15, 0.2) is 16.8 Å². The molecule has 0 saturated heterocycles. The summed E-state index contributed by atoms with van der Waals surface area (Å²) in [4.78, 5) is 11.3. The Labute approximate surface area is 99.7 Å². The summed E-state index contributed by atoms with van der Waals surface area (Å²) >= 11 is 1.52. The fourth-order valence-corrected chi connectivity index (χ4v) is 2.02. The van der Waals surface area contributed by atoms with Gasteiger partial charge in [-0.2, -0.15) is 11.3 Å². The van der Waals surface area contributed by atoms with Crippen LogP contribution in [0.3, 0.4) is 0 Å². The largest absolute Gasteiger partial charge is 0.384 e. The summed E-state index contributed by atoms with van der Waals surface area (Å²) in [5, 5.41) is 19.2. The van der Waals surface area contributed by atoms with Crippen LogP contribution < -0.4 is 10.6 Å². The van der Waals surface area contributed by atoms with Gasteiger partial charge in [0.2, 0.25) is 0 Å². The molecule has 0 fully saturated rings. The molecule has 1 aromatic heterocycles. The van der Waals surface area contributed by atoms with Crippen molar-refractivity contribution < 1.29 is 9.90 Å². The smallest absolute Gasteiger partial charge is 0.315 e. The quantitative estimate of drug-likeness (QED) is 0.752. The Balaban J connectivity index is 2.45. The third-order valence-electron chi connectivity index (χ3n) is 2.16. The van der Waals surface area contributed by atoms with Crippen LogP contribution in [0.25, 0.3) is 0 Å². The molecule has 0 bridgehead atoms. The lowest BCUT2D eigenvalue weighted by Gasteiger charge is -2.23. The summed E-state index contributed by atoms with van der Waals surface area (Å²) < 4.78 is 0. The van der Waals surface area contributed by atoms with Gasteiger partial charge in [-0.25, -0.2) is 4.79 Å². The van der Waals surface area contributed by atoms with Crippen molar-refractivity contribution in [2.45, 2.75) is 32.4 Å². The minimum atomic E-state index is -1.02. The van der Waals surface area contributed by atoms with Crippen LogP contribution in [0.4, 0.5) is 4.79 Å². The molecule has 0 aliphatic heterocycles. The zero-order valence-corrected chi connectivity index (χ0v) is 10.6. The molecule has 1 aromatic rings. The third-order valence-corrected chi connectivity index (χ3v) is 2.84. The van der Waals surface area contributed by atoms with Gasteiger partial charge in [-0.05, 0) is 43.2 Å². The summed E-state index contributed by atoms with van der Waals surface area (Å²) in [6.45, 7) is 5.65. The van der Waals surface area contributed by atoms with Gasteiger partial charge in [-0.15, -0.1) is 0 Å². The molecule has 0 aliphatic carbocycles. The van der Waals surface area contributed by atoms with E-state index in [0.717, 1.165) is 5.56 Å². The number of hydrogen-bond donors (Lipinski definition) is 3. The molecule has 2 amide bonds. The average Bonchev–Trinajstić information content (AvgIpc) is 2.67. The Kier molecular flexibility index (Phi) is 4.32. The first-order chi connectivity index (χ1) is 7.42. The van der Waals surface area contributed by atoms with Crippen molar-refractivity contribution >= 4 is 17.4 Å². The molecular weight excluding hydrogens is 224 g/mol. The van der Waals surface area contributed by atoms with E-state index in [1.165, 1.54) is 11.3 Å². The first-order valence-electron chi connectivity index (χ1n) is 5.21. The Morgan fingerprint density at radius 3 is 2.81 bits per heavy atom. The lowest BCUT2D eigenvalue weighted by molar-refractivity contribution is 0.0597. The molecule has 4 nitrogen and oxygen atoms in total. The van der Waals surface area contributed by atoms with E-state index in [4.69, 9.17) is 0 Å². The number of thiophene rings is 1. The Bertz CT molecular complexity index is 334. The standard InChI is InChI=1S/C11H18N2O2S/c1-8(2)13-10(14)12-7-11(3,15)9-4-5-16-6-9/h4-6,8,15H,7H2,1-3H3,(H2,12,13,14). The number of carbonyl (C=O) groups is 1. The van der Waals surface area contributed by atoms with Gasteiger partial charge >= 0.3 is 6.03 Å². The number of hydrogen-bond acceptors (Lipinski definition) is 3. The maximum atomic E-state index is 11.3. The van der Waals surface area contributed by atoms with E-state index < -0.39 is 5.60 Å². The van der Waals surface area contributed by atoms with Crippen LogP contribution in [0.5, 0.6) is 0 Å². The zero-order chi connectivity index (χ0) is 12.2. The first-order valence-corrected chi connectivity index (χ1v) is 6.15. The van der Waals surface area contributed by atoms with E-state index in [1.807, 2.05) is 30.7 Å². The number of amides is 2. The minimum absolute atomic E-state index is 0.0890. The van der Waals surface area contributed by atoms with Crippen LogP contribution in [-0.2, 0) is 5.60 Å². The molecule has 0 saturated carbocycles. The van der Waals surface area contributed by atoms with E-state index in [-0.39, 0.29) is 18.6 Å². The van der Waals surface area contributed by atoms with Crippen molar-refractivity contribution in [1.82, 2.24) is 10.6 Å². The lowest BCUT2D eigenvalue weighted by Crippen LogP contribution is -2.45. The highest BCUT2D eigenvalue weighted by atomic mass is 32.1. The zero-order valence-electron chi connectivity index (χ0n) is 9.78. The van der Waals surface area contributed by atoms with Crippen LogP contribution in [-0.4, -0.2) is 23.7 Å². The highest BCUT2D eigenvalue weighted by Gasteiger charge is 2.24. The van der Waals surface area contributed by atoms with Gasteiger partial charge in [0.25, 0.3) is 0 Å². The molecule has 0 spiro atoms. The Morgan fingerprint density at radius 1 is 1.62 bits per heavy atom. The molecule has 0 aliphatic rings. The average molecular weight is 242 g/mol. The minimum Gasteiger partial charge on any atom is -0.384 e. The normalized spacial score (nSPS) is 14.6. The second kappa shape index (κ2) is 5.32. The molecule has 3 N–H and O–H groups in total. The fourth-order valence-electron chi connectivity index (χ4n) is 1.24. The van der Waals surface area contributed by atoms with Crippen molar-refractivity contribution in [3.8, 4) is 0 Å². The van der Waals surface area contributed by atoms with Gasteiger partial charge in [0.1, 0.15) is 5.60 Å². The van der Waals surface area contributed by atoms with E-state index in [2.05, 4.69) is 10.6 Å². The van der Waals surface area contributed by atoms with Crippen molar-refractivity contribution in [3.05, 3.63) is 22.4 Å². The maximum Gasteiger partial charge on any atom is 0.315 e. The molecule has 1 rings (SSSR count). The van der Waals surface area contributed by atoms with E-state index >= 15 is 0 Å². The molecule has 0 aromatic carbocycles. The van der Waals surface area contributed by atoms with Gasteiger partial charge in [-0.1, -0.05) is 0 Å². The fraction of sp³-hybridized carbons (Fsp3) is 0.545. The van der Waals surface area contributed by atoms with Gasteiger partial charge in [0.15, 0.2) is 0 Å². The predicted molar refractivity (Wildman–Crippen MR) is 65.6 cm³/mol.